The molecule has 5 heteroatoms. The summed E-state index contributed by atoms with van der Waals surface area (Å²) in [6.45, 7) is 2.06. The highest BCUT2D eigenvalue weighted by molar-refractivity contribution is 7.12. The molecule has 4 nitrogen and oxygen atoms in total. The summed E-state index contributed by atoms with van der Waals surface area (Å²) in [5, 5.41) is 2.95. The summed E-state index contributed by atoms with van der Waals surface area (Å²) in [5.74, 6) is 1.04. The zero-order chi connectivity index (χ0) is 14.7. The zero-order valence-electron chi connectivity index (χ0n) is 12.1. The second-order valence-corrected chi connectivity index (χ2v) is 6.22. The smallest absolute Gasteiger partial charge is 0.268 e. The molecule has 0 unspecified atom stereocenters. The molecule has 0 spiro atoms. The third-order valence-electron chi connectivity index (χ3n) is 4.05. The third-order valence-corrected chi connectivity index (χ3v) is 4.89. The minimum absolute atomic E-state index is 0.0761. The molecule has 2 heterocycles. The summed E-state index contributed by atoms with van der Waals surface area (Å²) in [4.78, 5) is 22.0. The van der Waals surface area contributed by atoms with E-state index in [-0.39, 0.29) is 5.91 Å². The van der Waals surface area contributed by atoms with Gasteiger partial charge in [-0.3, -0.25) is 4.79 Å². The first-order chi connectivity index (χ1) is 10.3. The van der Waals surface area contributed by atoms with E-state index in [0.717, 1.165) is 35.4 Å². The maximum atomic E-state index is 12.5. The first-order valence-corrected chi connectivity index (χ1v) is 8.36. The van der Waals surface area contributed by atoms with Gasteiger partial charge < -0.3 is 5.32 Å². The van der Waals surface area contributed by atoms with E-state index in [1.165, 1.54) is 24.2 Å². The number of aryl methyl sites for hydroxylation is 1. The van der Waals surface area contributed by atoms with Crippen LogP contribution in [0.4, 0.5) is 5.82 Å². The Morgan fingerprint density at radius 3 is 2.95 bits per heavy atom. The fourth-order valence-corrected chi connectivity index (χ4v) is 3.69. The van der Waals surface area contributed by atoms with E-state index in [4.69, 9.17) is 0 Å². The molecular weight excluding hydrogens is 282 g/mol. The Morgan fingerprint density at radius 2 is 2.19 bits per heavy atom. The number of rotatable bonds is 4. The summed E-state index contributed by atoms with van der Waals surface area (Å²) in [5.41, 5.74) is 3.81. The van der Waals surface area contributed by atoms with Gasteiger partial charge in [-0.1, -0.05) is 25.8 Å². The average Bonchev–Trinajstić information content (AvgIpc) is 3.18. The highest BCUT2D eigenvalue weighted by Gasteiger charge is 2.25. The fraction of sp³-hybridized carbons (Fsp3) is 0.438. The highest BCUT2D eigenvalue weighted by atomic mass is 32.1. The number of thiazole rings is 1. The minimum atomic E-state index is -0.0761. The topological polar surface area (TPSA) is 54.9 Å². The molecule has 0 atom stereocenters. The van der Waals surface area contributed by atoms with Crippen molar-refractivity contribution in [2.75, 3.05) is 5.32 Å². The van der Waals surface area contributed by atoms with Crippen LogP contribution in [-0.4, -0.2) is 15.9 Å². The number of hydrogen-bond acceptors (Lipinski definition) is 4. The van der Waals surface area contributed by atoms with Gasteiger partial charge in [-0.15, -0.1) is 11.3 Å². The molecule has 110 valence electrons. The lowest BCUT2D eigenvalue weighted by Gasteiger charge is -2.10. The molecule has 1 aliphatic rings. The number of anilines is 1. The standard InChI is InChI=1S/C16H19N3OS/c1-2-11-8-5-9-17-15(11)19-16(20)14-13(18-10-21-14)12-6-3-4-7-12/h5,8-10,12H,2-4,6-7H2,1H3,(H,17,19,20). The number of aromatic nitrogens is 2. The monoisotopic (exact) mass is 301 g/mol. The Bertz CT molecular complexity index is 632. The van der Waals surface area contributed by atoms with Gasteiger partial charge in [0.25, 0.3) is 5.91 Å². The number of nitrogens with zero attached hydrogens (tertiary/aromatic N) is 2. The maximum absolute atomic E-state index is 12.5. The van der Waals surface area contributed by atoms with Crippen LogP contribution in [0.3, 0.4) is 0 Å². The number of hydrogen-bond donors (Lipinski definition) is 1. The lowest BCUT2D eigenvalue weighted by Crippen LogP contribution is -2.15. The van der Waals surface area contributed by atoms with E-state index in [1.807, 2.05) is 12.1 Å². The SMILES string of the molecule is CCc1cccnc1NC(=O)c1scnc1C1CCCC1. The second kappa shape index (κ2) is 6.35. The van der Waals surface area contributed by atoms with Crippen LogP contribution in [0.15, 0.2) is 23.8 Å². The molecule has 21 heavy (non-hydrogen) atoms. The van der Waals surface area contributed by atoms with E-state index in [2.05, 4.69) is 22.2 Å². The molecule has 1 saturated carbocycles. The van der Waals surface area contributed by atoms with Crippen molar-refractivity contribution in [1.82, 2.24) is 9.97 Å². The summed E-state index contributed by atoms with van der Waals surface area (Å²) < 4.78 is 0. The molecule has 0 radical (unpaired) electrons. The van der Waals surface area contributed by atoms with Crippen molar-refractivity contribution >= 4 is 23.1 Å². The molecule has 0 aliphatic heterocycles. The second-order valence-electron chi connectivity index (χ2n) is 5.37. The van der Waals surface area contributed by atoms with E-state index >= 15 is 0 Å². The van der Waals surface area contributed by atoms with Crippen LogP contribution >= 0.6 is 11.3 Å². The molecule has 1 N–H and O–H groups in total. The number of nitrogens with one attached hydrogen (secondary N) is 1. The Hall–Kier alpha value is -1.75. The van der Waals surface area contributed by atoms with E-state index in [1.54, 1.807) is 11.7 Å². The summed E-state index contributed by atoms with van der Waals surface area (Å²) in [7, 11) is 0. The van der Waals surface area contributed by atoms with Gasteiger partial charge in [0, 0.05) is 12.1 Å². The summed E-state index contributed by atoms with van der Waals surface area (Å²) in [6.07, 6.45) is 7.33. The third kappa shape index (κ3) is 2.97. The number of carbonyl (C=O) groups is 1. The maximum Gasteiger partial charge on any atom is 0.268 e. The lowest BCUT2D eigenvalue weighted by atomic mass is 10.0. The van der Waals surface area contributed by atoms with Gasteiger partial charge in [-0.05, 0) is 30.9 Å². The minimum Gasteiger partial charge on any atom is -0.306 e. The van der Waals surface area contributed by atoms with Crippen molar-refractivity contribution < 1.29 is 4.79 Å². The van der Waals surface area contributed by atoms with Crippen molar-refractivity contribution in [3.8, 4) is 0 Å². The van der Waals surface area contributed by atoms with Crippen LogP contribution in [0.25, 0.3) is 0 Å². The Morgan fingerprint density at radius 1 is 1.38 bits per heavy atom. The van der Waals surface area contributed by atoms with Crippen LogP contribution in [0.2, 0.25) is 0 Å². The molecule has 2 aromatic rings. The predicted octanol–water partition coefficient (Wildman–Crippen LogP) is 4.01. The van der Waals surface area contributed by atoms with Crippen molar-refractivity contribution in [2.45, 2.75) is 44.9 Å². The molecular formula is C16H19N3OS. The average molecular weight is 301 g/mol. The van der Waals surface area contributed by atoms with Crippen LogP contribution in [0, 0.1) is 0 Å². The summed E-state index contributed by atoms with van der Waals surface area (Å²) in [6, 6.07) is 3.89. The van der Waals surface area contributed by atoms with Gasteiger partial charge in [0.1, 0.15) is 10.7 Å². The highest BCUT2D eigenvalue weighted by Crippen LogP contribution is 2.36. The van der Waals surface area contributed by atoms with Crippen molar-refractivity contribution in [2.24, 2.45) is 0 Å². The molecule has 1 fully saturated rings. The van der Waals surface area contributed by atoms with Gasteiger partial charge in [0.15, 0.2) is 0 Å². The van der Waals surface area contributed by atoms with Crippen LogP contribution < -0.4 is 5.32 Å². The van der Waals surface area contributed by atoms with Crippen LogP contribution in [-0.2, 0) is 6.42 Å². The lowest BCUT2D eigenvalue weighted by molar-refractivity contribution is 0.102. The van der Waals surface area contributed by atoms with Gasteiger partial charge in [0.05, 0.1) is 11.2 Å². The number of carbonyl (C=O) groups excluding carboxylic acids is 1. The van der Waals surface area contributed by atoms with Gasteiger partial charge in [0.2, 0.25) is 0 Å². The molecule has 3 rings (SSSR count). The summed E-state index contributed by atoms with van der Waals surface area (Å²) >= 11 is 1.43. The van der Waals surface area contributed by atoms with Crippen molar-refractivity contribution in [3.05, 3.63) is 40.0 Å². The molecule has 1 amide bonds. The molecule has 2 aromatic heterocycles. The van der Waals surface area contributed by atoms with Gasteiger partial charge in [-0.25, -0.2) is 9.97 Å². The molecule has 1 aliphatic carbocycles. The normalized spacial score (nSPS) is 15.3. The number of amides is 1. The van der Waals surface area contributed by atoms with Gasteiger partial charge >= 0.3 is 0 Å². The van der Waals surface area contributed by atoms with Crippen LogP contribution in [0.5, 0.6) is 0 Å². The first-order valence-electron chi connectivity index (χ1n) is 7.48. The van der Waals surface area contributed by atoms with E-state index in [0.29, 0.717) is 11.7 Å². The van der Waals surface area contributed by atoms with Crippen molar-refractivity contribution in [3.63, 3.8) is 0 Å². The fourth-order valence-electron chi connectivity index (χ4n) is 2.92. The number of pyridine rings is 1. The quantitative estimate of drug-likeness (QED) is 0.928. The van der Waals surface area contributed by atoms with Crippen LogP contribution in [0.1, 0.15) is 59.5 Å². The van der Waals surface area contributed by atoms with E-state index in [9.17, 15) is 4.79 Å². The zero-order valence-corrected chi connectivity index (χ0v) is 12.9. The van der Waals surface area contributed by atoms with E-state index < -0.39 is 0 Å². The molecule has 0 aromatic carbocycles. The first kappa shape index (κ1) is 14.2. The molecule has 0 bridgehead atoms. The Kier molecular flexibility index (Phi) is 4.29. The Labute approximate surface area is 128 Å². The van der Waals surface area contributed by atoms with Gasteiger partial charge in [-0.2, -0.15) is 0 Å². The Balaban J connectivity index is 1.81. The largest absolute Gasteiger partial charge is 0.306 e. The predicted molar refractivity (Wildman–Crippen MR) is 84.9 cm³/mol. The molecule has 0 saturated heterocycles. The van der Waals surface area contributed by atoms with Crippen molar-refractivity contribution in [1.29, 1.82) is 0 Å².